The van der Waals surface area contributed by atoms with Gasteiger partial charge in [-0.2, -0.15) is 0 Å². The average Bonchev–Trinajstić information content (AvgIpc) is 2.30. The lowest BCUT2D eigenvalue weighted by molar-refractivity contribution is 0.448. The molecular weight excluding hydrogens is 256 g/mol. The second-order valence-corrected chi connectivity index (χ2v) is 3.68. The van der Waals surface area contributed by atoms with Crippen molar-refractivity contribution >= 4 is 11.6 Å². The van der Waals surface area contributed by atoms with Crippen LogP contribution in [0.5, 0.6) is 0 Å². The highest BCUT2D eigenvalue weighted by Gasteiger charge is 2.15. The minimum absolute atomic E-state index is 0.143. The van der Waals surface area contributed by atoms with E-state index in [0.29, 0.717) is 0 Å². The fraction of sp³-hybridized carbons (Fsp3) is 0. The summed E-state index contributed by atoms with van der Waals surface area (Å²) >= 11 is 5.51. The molecule has 0 aliphatic heterocycles. The van der Waals surface area contributed by atoms with E-state index < -0.39 is 23.3 Å². The maximum Gasteiger partial charge on any atom is 0.195 e. The van der Waals surface area contributed by atoms with Gasteiger partial charge in [0.25, 0.3) is 0 Å². The van der Waals surface area contributed by atoms with Crippen LogP contribution in [-0.4, -0.2) is 0 Å². The SMILES string of the molecule is Fc1[c]cc(-c2ccc(F)c(Cl)c2)c(F)c1F. The van der Waals surface area contributed by atoms with E-state index in [1.807, 2.05) is 6.07 Å². The maximum atomic E-state index is 13.4. The predicted molar refractivity (Wildman–Crippen MR) is 55.6 cm³/mol. The third-order valence-electron chi connectivity index (χ3n) is 2.20. The molecule has 0 heterocycles. The van der Waals surface area contributed by atoms with Gasteiger partial charge in [-0.25, -0.2) is 17.6 Å². The molecule has 87 valence electrons. The van der Waals surface area contributed by atoms with Gasteiger partial charge in [-0.05, 0) is 23.8 Å². The fourth-order valence-corrected chi connectivity index (χ4v) is 1.53. The molecule has 0 aliphatic carbocycles. The van der Waals surface area contributed by atoms with Gasteiger partial charge < -0.3 is 0 Å². The quantitative estimate of drug-likeness (QED) is 0.527. The Morgan fingerprint density at radius 2 is 1.71 bits per heavy atom. The maximum absolute atomic E-state index is 13.4. The lowest BCUT2D eigenvalue weighted by Gasteiger charge is -2.05. The monoisotopic (exact) mass is 259 g/mol. The van der Waals surface area contributed by atoms with E-state index in [2.05, 4.69) is 0 Å². The largest absolute Gasteiger partial charge is 0.205 e. The number of benzene rings is 2. The third-order valence-corrected chi connectivity index (χ3v) is 2.49. The van der Waals surface area contributed by atoms with Crippen molar-refractivity contribution in [1.29, 1.82) is 0 Å². The van der Waals surface area contributed by atoms with Crippen LogP contribution < -0.4 is 0 Å². The molecule has 0 aromatic heterocycles. The number of rotatable bonds is 1. The van der Waals surface area contributed by atoms with Crippen molar-refractivity contribution < 1.29 is 17.6 Å². The normalized spacial score (nSPS) is 10.6. The summed E-state index contributed by atoms with van der Waals surface area (Å²) in [6, 6.07) is 6.22. The van der Waals surface area contributed by atoms with E-state index in [9.17, 15) is 17.6 Å². The summed E-state index contributed by atoms with van der Waals surface area (Å²) in [5.74, 6) is -5.06. The molecule has 2 aromatic carbocycles. The van der Waals surface area contributed by atoms with Gasteiger partial charge >= 0.3 is 0 Å². The molecular formula is C12H4ClF4. The topological polar surface area (TPSA) is 0 Å². The Balaban J connectivity index is 2.61. The van der Waals surface area contributed by atoms with Gasteiger partial charge in [0.2, 0.25) is 0 Å². The number of halogens is 5. The van der Waals surface area contributed by atoms with Crippen molar-refractivity contribution in [3.05, 3.63) is 58.6 Å². The van der Waals surface area contributed by atoms with Gasteiger partial charge in [0.05, 0.1) is 5.02 Å². The standard InChI is InChI=1S/C12H4ClF4/c13-8-5-6(1-3-9(8)14)7-2-4-10(15)12(17)11(7)16/h1-3,5H. The Morgan fingerprint density at radius 1 is 1.00 bits per heavy atom. The fourth-order valence-electron chi connectivity index (χ4n) is 1.35. The van der Waals surface area contributed by atoms with Crippen LogP contribution in [-0.2, 0) is 0 Å². The van der Waals surface area contributed by atoms with Crippen LogP contribution in [0.15, 0.2) is 24.3 Å². The van der Waals surface area contributed by atoms with Crippen LogP contribution in [0.25, 0.3) is 11.1 Å². The summed E-state index contributed by atoms with van der Waals surface area (Å²) in [5.41, 5.74) is -0.0881. The highest BCUT2D eigenvalue weighted by molar-refractivity contribution is 6.31. The molecule has 0 spiro atoms. The van der Waals surface area contributed by atoms with Crippen LogP contribution in [0, 0.1) is 29.3 Å². The third kappa shape index (κ3) is 2.13. The molecule has 0 fully saturated rings. The first-order valence-electron chi connectivity index (χ1n) is 4.51. The lowest BCUT2D eigenvalue weighted by Crippen LogP contribution is -1.94. The van der Waals surface area contributed by atoms with Crippen molar-refractivity contribution in [3.63, 3.8) is 0 Å². The zero-order valence-electron chi connectivity index (χ0n) is 8.20. The first kappa shape index (κ1) is 11.9. The summed E-state index contributed by atoms with van der Waals surface area (Å²) in [6.45, 7) is 0. The van der Waals surface area contributed by atoms with Crippen molar-refractivity contribution in [3.8, 4) is 11.1 Å². The van der Waals surface area contributed by atoms with Crippen LogP contribution in [0.1, 0.15) is 0 Å². The smallest absolute Gasteiger partial charge is 0.195 e. The highest BCUT2D eigenvalue weighted by atomic mass is 35.5. The zero-order chi connectivity index (χ0) is 12.6. The van der Waals surface area contributed by atoms with E-state index in [4.69, 9.17) is 11.6 Å². The Kier molecular flexibility index (Phi) is 3.07. The minimum atomic E-state index is -1.62. The Bertz CT molecular complexity index is 581. The first-order chi connectivity index (χ1) is 8.00. The van der Waals surface area contributed by atoms with Gasteiger partial charge in [0.1, 0.15) is 5.82 Å². The minimum Gasteiger partial charge on any atom is -0.205 e. The first-order valence-corrected chi connectivity index (χ1v) is 4.89. The van der Waals surface area contributed by atoms with Crippen molar-refractivity contribution in [2.75, 3.05) is 0 Å². The Morgan fingerprint density at radius 3 is 2.35 bits per heavy atom. The van der Waals surface area contributed by atoms with Crippen molar-refractivity contribution in [2.45, 2.75) is 0 Å². The molecule has 0 unspecified atom stereocenters. The molecule has 5 heteroatoms. The van der Waals surface area contributed by atoms with Crippen molar-refractivity contribution in [2.24, 2.45) is 0 Å². The number of hydrogen-bond donors (Lipinski definition) is 0. The van der Waals surface area contributed by atoms with Gasteiger partial charge in [0, 0.05) is 11.6 Å². The molecule has 0 aliphatic rings. The summed E-state index contributed by atoms with van der Waals surface area (Å²) in [4.78, 5) is 0. The zero-order valence-corrected chi connectivity index (χ0v) is 8.96. The predicted octanol–water partition coefficient (Wildman–Crippen LogP) is 4.36. The van der Waals surface area contributed by atoms with Crippen LogP contribution in [0.3, 0.4) is 0 Å². The molecule has 0 saturated carbocycles. The highest BCUT2D eigenvalue weighted by Crippen LogP contribution is 2.28. The second kappa shape index (κ2) is 4.37. The second-order valence-electron chi connectivity index (χ2n) is 3.27. The lowest BCUT2D eigenvalue weighted by atomic mass is 10.0. The molecule has 0 N–H and O–H groups in total. The van der Waals surface area contributed by atoms with Gasteiger partial charge in [-0.3, -0.25) is 0 Å². The molecule has 1 radical (unpaired) electrons. The molecule has 0 bridgehead atoms. The molecule has 2 aromatic rings. The van der Waals surface area contributed by atoms with Gasteiger partial charge in [0.15, 0.2) is 17.5 Å². The summed E-state index contributed by atoms with van der Waals surface area (Å²) < 4.78 is 51.9. The van der Waals surface area contributed by atoms with E-state index in [1.54, 1.807) is 0 Å². The Hall–Kier alpha value is -1.55. The van der Waals surface area contributed by atoms with Crippen LogP contribution in [0.2, 0.25) is 5.02 Å². The van der Waals surface area contributed by atoms with E-state index >= 15 is 0 Å². The molecule has 0 amide bonds. The van der Waals surface area contributed by atoms with Gasteiger partial charge in [-0.15, -0.1) is 0 Å². The van der Waals surface area contributed by atoms with Gasteiger partial charge in [-0.1, -0.05) is 17.7 Å². The summed E-state index contributed by atoms with van der Waals surface area (Å²) in [6.07, 6.45) is 0. The summed E-state index contributed by atoms with van der Waals surface area (Å²) in [5, 5.41) is -0.230. The van der Waals surface area contributed by atoms with Crippen LogP contribution >= 0.6 is 11.6 Å². The molecule has 17 heavy (non-hydrogen) atoms. The van der Waals surface area contributed by atoms with E-state index in [1.165, 1.54) is 6.07 Å². The van der Waals surface area contributed by atoms with Crippen LogP contribution in [0.4, 0.5) is 17.6 Å². The molecule has 2 rings (SSSR count). The average molecular weight is 260 g/mol. The van der Waals surface area contributed by atoms with E-state index in [-0.39, 0.29) is 16.1 Å². The van der Waals surface area contributed by atoms with Crippen molar-refractivity contribution in [1.82, 2.24) is 0 Å². The number of hydrogen-bond acceptors (Lipinski definition) is 0. The molecule has 0 nitrogen and oxygen atoms in total. The molecule has 0 atom stereocenters. The molecule has 0 saturated heterocycles. The Labute approximate surface area is 99.5 Å². The van der Waals surface area contributed by atoms with E-state index in [0.717, 1.165) is 18.2 Å². The summed E-state index contributed by atoms with van der Waals surface area (Å²) in [7, 11) is 0.